The van der Waals surface area contributed by atoms with Crippen LogP contribution in [0.5, 0.6) is 5.75 Å². The zero-order valence-electron chi connectivity index (χ0n) is 25.5. The molecular weight excluding hydrogens is 522 g/mol. The number of phenols is 1. The summed E-state index contributed by atoms with van der Waals surface area (Å²) in [7, 11) is 0. The Morgan fingerprint density at radius 3 is 2.10 bits per heavy atom. The van der Waals surface area contributed by atoms with Crippen molar-refractivity contribution in [3.05, 3.63) is 58.7 Å². The summed E-state index contributed by atoms with van der Waals surface area (Å²) in [5, 5.41) is 26.7. The van der Waals surface area contributed by atoms with Gasteiger partial charge in [0, 0.05) is 17.8 Å². The fraction of sp³-hybridized carbons (Fsp3) is 0.531. The fourth-order valence-electron chi connectivity index (χ4n) is 4.64. The number of hydrogen-bond acceptors (Lipinski definition) is 6. The fourth-order valence-corrected chi connectivity index (χ4v) is 4.64. The number of amides is 3. The van der Waals surface area contributed by atoms with Crippen molar-refractivity contribution in [2.45, 2.75) is 98.3 Å². The molecule has 9 heteroatoms. The lowest BCUT2D eigenvalue weighted by molar-refractivity contribution is -0.141. The molecule has 9 nitrogen and oxygen atoms in total. The van der Waals surface area contributed by atoms with Crippen molar-refractivity contribution in [3.8, 4) is 5.75 Å². The Hall–Kier alpha value is -3.59. The number of aliphatic hydroxyl groups is 1. The minimum atomic E-state index is -1.36. The summed E-state index contributed by atoms with van der Waals surface area (Å²) in [6.07, 6.45) is 3.62. The summed E-state index contributed by atoms with van der Waals surface area (Å²) in [5.74, 6) is -1.27. The average Bonchev–Trinajstić information content (AvgIpc) is 2.89. The van der Waals surface area contributed by atoms with Gasteiger partial charge in [-0.1, -0.05) is 69.0 Å². The van der Waals surface area contributed by atoms with Crippen molar-refractivity contribution in [2.75, 3.05) is 18.5 Å². The Labute approximate surface area is 244 Å². The molecule has 226 valence electrons. The number of aromatic hydroxyl groups is 1. The lowest BCUT2D eigenvalue weighted by Crippen LogP contribution is -2.54. The molecule has 0 aromatic heterocycles. The Morgan fingerprint density at radius 2 is 1.51 bits per heavy atom. The number of carbonyl (C=O) groups excluding carboxylic acids is 3. The van der Waals surface area contributed by atoms with Crippen molar-refractivity contribution >= 4 is 23.6 Å². The number of para-hydroxylation sites is 2. The van der Waals surface area contributed by atoms with E-state index < -0.39 is 42.2 Å². The number of phenolic OH excluding ortho intramolecular Hbond substituents is 1. The van der Waals surface area contributed by atoms with Gasteiger partial charge in [0.2, 0.25) is 5.91 Å². The maximum atomic E-state index is 14.1. The van der Waals surface area contributed by atoms with Crippen molar-refractivity contribution in [3.63, 3.8) is 0 Å². The zero-order chi connectivity index (χ0) is 30.7. The van der Waals surface area contributed by atoms with Gasteiger partial charge in [0.1, 0.15) is 23.4 Å². The van der Waals surface area contributed by atoms with E-state index in [2.05, 4.69) is 17.6 Å². The summed E-state index contributed by atoms with van der Waals surface area (Å²) >= 11 is 0. The van der Waals surface area contributed by atoms with Gasteiger partial charge in [0.05, 0.1) is 6.61 Å². The summed E-state index contributed by atoms with van der Waals surface area (Å²) < 4.78 is 5.31. The van der Waals surface area contributed by atoms with Gasteiger partial charge in [0.15, 0.2) is 0 Å². The van der Waals surface area contributed by atoms with Gasteiger partial charge in [-0.15, -0.1) is 0 Å². The van der Waals surface area contributed by atoms with Crippen LogP contribution >= 0.6 is 0 Å². The van der Waals surface area contributed by atoms with Crippen LogP contribution < -0.4 is 10.6 Å². The van der Waals surface area contributed by atoms with Crippen LogP contribution in [-0.4, -0.2) is 57.8 Å². The molecule has 41 heavy (non-hydrogen) atoms. The van der Waals surface area contributed by atoms with Crippen LogP contribution in [-0.2, 0) is 14.3 Å². The van der Waals surface area contributed by atoms with Crippen LogP contribution in [0.25, 0.3) is 0 Å². The first kappa shape index (κ1) is 33.6. The molecule has 0 saturated carbocycles. The summed E-state index contributed by atoms with van der Waals surface area (Å²) in [5.41, 5.74) is 2.31. The van der Waals surface area contributed by atoms with E-state index in [1.54, 1.807) is 45.9 Å². The third kappa shape index (κ3) is 9.78. The van der Waals surface area contributed by atoms with Gasteiger partial charge in [0.25, 0.3) is 5.91 Å². The number of unbranched alkanes of at least 4 members (excludes halogenated alkanes) is 4. The van der Waals surface area contributed by atoms with Crippen LogP contribution in [0.1, 0.15) is 88.1 Å². The smallest absolute Gasteiger partial charge is 0.408 e. The Kier molecular flexibility index (Phi) is 12.6. The zero-order valence-corrected chi connectivity index (χ0v) is 25.5. The van der Waals surface area contributed by atoms with E-state index in [9.17, 15) is 24.6 Å². The molecule has 0 aliphatic carbocycles. The van der Waals surface area contributed by atoms with E-state index in [-0.39, 0.29) is 17.9 Å². The first-order valence-corrected chi connectivity index (χ1v) is 14.4. The summed E-state index contributed by atoms with van der Waals surface area (Å²) in [4.78, 5) is 42.0. The normalized spacial score (nSPS) is 12.8. The van der Waals surface area contributed by atoms with Crippen LogP contribution in [0.2, 0.25) is 0 Å². The molecule has 0 bridgehead atoms. The number of ether oxygens (including phenoxy) is 1. The van der Waals surface area contributed by atoms with Crippen molar-refractivity contribution in [1.29, 1.82) is 0 Å². The molecule has 0 heterocycles. The third-order valence-corrected chi connectivity index (χ3v) is 6.81. The molecule has 0 fully saturated rings. The third-order valence-electron chi connectivity index (χ3n) is 6.81. The quantitative estimate of drug-likeness (QED) is 0.230. The van der Waals surface area contributed by atoms with E-state index in [1.165, 1.54) is 4.90 Å². The lowest BCUT2D eigenvalue weighted by atomic mass is 9.98. The highest BCUT2D eigenvalue weighted by molar-refractivity contribution is 6.00. The second kappa shape index (κ2) is 15.4. The number of hydrogen-bond donors (Lipinski definition) is 4. The molecule has 2 rings (SSSR count). The number of nitrogens with zero attached hydrogens (tertiary/aromatic N) is 1. The number of alkyl carbamates (subject to hydrolysis) is 1. The number of aryl methyl sites for hydroxylation is 3. The first-order valence-electron chi connectivity index (χ1n) is 14.4. The maximum Gasteiger partial charge on any atom is 0.408 e. The average molecular weight is 570 g/mol. The molecule has 2 aromatic carbocycles. The molecule has 0 radical (unpaired) electrons. The molecule has 4 N–H and O–H groups in total. The Bertz CT molecular complexity index is 1170. The van der Waals surface area contributed by atoms with Gasteiger partial charge < -0.3 is 30.5 Å². The van der Waals surface area contributed by atoms with E-state index >= 15 is 0 Å². The van der Waals surface area contributed by atoms with Gasteiger partial charge in [-0.05, 0) is 64.7 Å². The number of aliphatic hydroxyl groups excluding tert-OH is 1. The minimum absolute atomic E-state index is 0.0985. The topological polar surface area (TPSA) is 128 Å². The predicted molar refractivity (Wildman–Crippen MR) is 161 cm³/mol. The number of nitrogens with one attached hydrogen (secondary N) is 2. The SMILES string of the molecule is CCCCCCCN(C(=O)C(CO)NC(=O)OC(C)(C)C)C(C(=O)Nc1c(C)cccc1C)c1cccc(C)c1O. The van der Waals surface area contributed by atoms with Crippen LogP contribution in [0.3, 0.4) is 0 Å². The van der Waals surface area contributed by atoms with E-state index in [0.29, 0.717) is 17.7 Å². The number of anilines is 1. The Balaban J connectivity index is 2.57. The minimum Gasteiger partial charge on any atom is -0.507 e. The second-order valence-electron chi connectivity index (χ2n) is 11.5. The van der Waals surface area contributed by atoms with Crippen molar-refractivity contribution < 1.29 is 29.3 Å². The second-order valence-corrected chi connectivity index (χ2v) is 11.5. The molecule has 0 aliphatic rings. The molecule has 2 atom stereocenters. The van der Waals surface area contributed by atoms with Crippen molar-refractivity contribution in [1.82, 2.24) is 10.2 Å². The molecule has 0 aliphatic heterocycles. The molecule has 2 aromatic rings. The highest BCUT2D eigenvalue weighted by atomic mass is 16.6. The molecule has 0 saturated heterocycles. The van der Waals surface area contributed by atoms with E-state index in [0.717, 1.165) is 36.8 Å². The Morgan fingerprint density at radius 1 is 0.927 bits per heavy atom. The molecular formula is C32H47N3O6. The van der Waals surface area contributed by atoms with Crippen LogP contribution in [0.4, 0.5) is 10.5 Å². The predicted octanol–water partition coefficient (Wildman–Crippen LogP) is 5.68. The summed E-state index contributed by atoms with van der Waals surface area (Å²) in [6.45, 7) is 12.1. The first-order chi connectivity index (χ1) is 19.3. The van der Waals surface area contributed by atoms with E-state index in [1.807, 2.05) is 32.0 Å². The van der Waals surface area contributed by atoms with Crippen LogP contribution in [0.15, 0.2) is 36.4 Å². The van der Waals surface area contributed by atoms with Gasteiger partial charge in [-0.2, -0.15) is 0 Å². The molecule has 2 unspecified atom stereocenters. The van der Waals surface area contributed by atoms with Gasteiger partial charge >= 0.3 is 6.09 Å². The van der Waals surface area contributed by atoms with Gasteiger partial charge in [-0.3, -0.25) is 9.59 Å². The highest BCUT2D eigenvalue weighted by Crippen LogP contribution is 2.34. The standard InChI is InChI=1S/C32H47N3O6/c1-8-9-10-11-12-19-35(30(39)25(20-36)33-31(40)41-32(5,6)7)27(24-18-14-17-23(4)28(24)37)29(38)34-26-21(2)15-13-16-22(26)3/h13-18,25,27,36-37H,8-12,19-20H2,1-7H3,(H,33,40)(H,34,38). The van der Waals surface area contributed by atoms with Gasteiger partial charge in [-0.25, -0.2) is 4.79 Å². The monoisotopic (exact) mass is 569 g/mol. The van der Waals surface area contributed by atoms with Crippen molar-refractivity contribution in [2.24, 2.45) is 0 Å². The number of benzene rings is 2. The highest BCUT2D eigenvalue weighted by Gasteiger charge is 2.37. The number of carbonyl (C=O) groups is 3. The maximum absolute atomic E-state index is 14.1. The molecule has 3 amide bonds. The van der Waals surface area contributed by atoms with Crippen LogP contribution in [0, 0.1) is 20.8 Å². The largest absolute Gasteiger partial charge is 0.507 e. The van der Waals surface area contributed by atoms with E-state index in [4.69, 9.17) is 4.74 Å². The number of rotatable bonds is 13. The summed E-state index contributed by atoms with van der Waals surface area (Å²) in [6, 6.07) is 8.11. The lowest BCUT2D eigenvalue weighted by Gasteiger charge is -2.34. The molecule has 0 spiro atoms.